The first-order valence-electron chi connectivity index (χ1n) is 8.30. The minimum atomic E-state index is -0.445. The number of benzene rings is 1. The third kappa shape index (κ3) is 2.31. The molecule has 5 rings (SSSR count). The maximum absolute atomic E-state index is 12.9. The van der Waals surface area contributed by atoms with Gasteiger partial charge in [0.15, 0.2) is 11.9 Å². The molecule has 2 aliphatic rings. The first-order valence-corrected chi connectivity index (χ1v) is 8.30. The van der Waals surface area contributed by atoms with Crippen LogP contribution in [0.4, 0.5) is 0 Å². The highest BCUT2D eigenvalue weighted by Gasteiger charge is 2.35. The minimum absolute atomic E-state index is 0.0200. The lowest BCUT2D eigenvalue weighted by Crippen LogP contribution is -2.43. The largest absolute Gasteiger partial charge is 0.480 e. The number of carbonyl (C=O) groups excluding carboxylic acids is 1. The zero-order valence-corrected chi connectivity index (χ0v) is 13.4. The van der Waals surface area contributed by atoms with Crippen LogP contribution < -0.4 is 4.74 Å². The van der Waals surface area contributed by atoms with Gasteiger partial charge in [0, 0.05) is 43.3 Å². The number of aromatic nitrogens is 3. The van der Waals surface area contributed by atoms with Crippen LogP contribution in [-0.2, 0) is 24.2 Å². The number of ether oxygens (including phenoxy) is 1. The fourth-order valence-corrected chi connectivity index (χ4v) is 3.55. The zero-order valence-electron chi connectivity index (χ0n) is 13.4. The normalized spacial score (nSPS) is 18.6. The smallest absolute Gasteiger partial charge is 0.264 e. The Hall–Kier alpha value is -3.09. The van der Waals surface area contributed by atoms with E-state index in [1.165, 1.54) is 0 Å². The van der Waals surface area contributed by atoms with Gasteiger partial charge in [0.25, 0.3) is 5.91 Å². The Morgan fingerprint density at radius 1 is 1.28 bits per heavy atom. The van der Waals surface area contributed by atoms with Crippen LogP contribution in [0.3, 0.4) is 0 Å². The summed E-state index contributed by atoms with van der Waals surface area (Å²) in [4.78, 5) is 14.8. The third-order valence-electron chi connectivity index (χ3n) is 4.84. The van der Waals surface area contributed by atoms with Crippen LogP contribution in [0.2, 0.25) is 0 Å². The van der Waals surface area contributed by atoms with Crippen molar-refractivity contribution in [2.45, 2.75) is 25.5 Å². The highest BCUT2D eigenvalue weighted by atomic mass is 16.5. The van der Waals surface area contributed by atoms with Gasteiger partial charge in [-0.25, -0.2) is 0 Å². The van der Waals surface area contributed by atoms with Gasteiger partial charge in [0.2, 0.25) is 0 Å². The highest BCUT2D eigenvalue weighted by molar-refractivity contribution is 5.83. The van der Waals surface area contributed by atoms with Crippen molar-refractivity contribution >= 4 is 5.91 Å². The molecule has 2 aromatic heterocycles. The number of fused-ring (bicyclic) bond motifs is 2. The molecule has 7 nitrogen and oxygen atoms in total. The van der Waals surface area contributed by atoms with Gasteiger partial charge in [0.1, 0.15) is 11.4 Å². The van der Waals surface area contributed by atoms with E-state index in [-0.39, 0.29) is 5.91 Å². The molecule has 25 heavy (non-hydrogen) atoms. The number of hydrogen-bond donors (Lipinski definition) is 1. The molecule has 0 aliphatic carbocycles. The lowest BCUT2D eigenvalue weighted by Gasteiger charge is -2.29. The van der Waals surface area contributed by atoms with E-state index in [4.69, 9.17) is 9.26 Å². The number of aromatic amines is 1. The van der Waals surface area contributed by atoms with Gasteiger partial charge in [-0.1, -0.05) is 23.4 Å². The van der Waals surface area contributed by atoms with Gasteiger partial charge in [-0.2, -0.15) is 5.10 Å². The van der Waals surface area contributed by atoms with Crippen molar-refractivity contribution in [1.82, 2.24) is 20.3 Å². The van der Waals surface area contributed by atoms with E-state index in [1.807, 2.05) is 29.2 Å². The molecule has 4 heterocycles. The number of rotatable bonds is 2. The Morgan fingerprint density at radius 2 is 2.20 bits per heavy atom. The molecule has 3 aromatic rings. The Kier molecular flexibility index (Phi) is 3.12. The van der Waals surface area contributed by atoms with Crippen LogP contribution in [-0.4, -0.2) is 38.8 Å². The summed E-state index contributed by atoms with van der Waals surface area (Å²) in [5.41, 5.74) is 3.85. The van der Waals surface area contributed by atoms with Gasteiger partial charge >= 0.3 is 0 Å². The first kappa shape index (κ1) is 14.3. The maximum Gasteiger partial charge on any atom is 0.264 e. The monoisotopic (exact) mass is 336 g/mol. The number of carbonyl (C=O) groups is 1. The average molecular weight is 336 g/mol. The van der Waals surface area contributed by atoms with Crippen molar-refractivity contribution in [2.24, 2.45) is 0 Å². The Bertz CT molecular complexity index is 907. The number of hydrogen-bond acceptors (Lipinski definition) is 5. The molecule has 2 aliphatic heterocycles. The topological polar surface area (TPSA) is 84.2 Å². The minimum Gasteiger partial charge on any atom is -0.480 e. The molecule has 0 bridgehead atoms. The molecule has 0 saturated carbocycles. The standard InChI is InChI=1S/C18H16N4O3/c23-18(16-9-11-3-1-2-4-14(11)24-16)22-8-6-13-12(10-22)17(21-20-13)15-5-7-19-25-15/h1-5,7,16H,6,8-10H2,(H,20,21). The first-order chi connectivity index (χ1) is 12.3. The van der Waals surface area contributed by atoms with Crippen molar-refractivity contribution in [1.29, 1.82) is 0 Å². The highest BCUT2D eigenvalue weighted by Crippen LogP contribution is 2.32. The molecule has 0 fully saturated rings. The quantitative estimate of drug-likeness (QED) is 0.773. The van der Waals surface area contributed by atoms with Crippen LogP contribution in [0, 0.1) is 0 Å². The predicted octanol–water partition coefficient (Wildman–Crippen LogP) is 1.95. The van der Waals surface area contributed by atoms with Gasteiger partial charge in [0.05, 0.1) is 6.20 Å². The van der Waals surface area contributed by atoms with E-state index in [0.717, 1.165) is 34.7 Å². The summed E-state index contributed by atoms with van der Waals surface area (Å²) < 4.78 is 11.1. The van der Waals surface area contributed by atoms with E-state index < -0.39 is 6.10 Å². The summed E-state index contributed by atoms with van der Waals surface area (Å²) in [5.74, 6) is 1.44. The molecular weight excluding hydrogens is 320 g/mol. The molecule has 0 spiro atoms. The Labute approximate surface area is 143 Å². The van der Waals surface area contributed by atoms with Crippen LogP contribution in [0.5, 0.6) is 5.75 Å². The molecule has 1 aromatic carbocycles. The third-order valence-corrected chi connectivity index (χ3v) is 4.84. The number of H-pyrrole nitrogens is 1. The summed E-state index contributed by atoms with van der Waals surface area (Å²) in [5, 5.41) is 11.1. The van der Waals surface area contributed by atoms with Crippen LogP contribution in [0.25, 0.3) is 11.5 Å². The molecule has 126 valence electrons. The Morgan fingerprint density at radius 3 is 3.04 bits per heavy atom. The van der Waals surface area contributed by atoms with E-state index in [9.17, 15) is 4.79 Å². The SMILES string of the molecule is O=C(C1Cc2ccccc2O1)N1CCc2[nH]nc(-c3ccno3)c2C1. The summed E-state index contributed by atoms with van der Waals surface area (Å²) in [6.45, 7) is 1.15. The second-order valence-electron chi connectivity index (χ2n) is 6.33. The van der Waals surface area contributed by atoms with Crippen molar-refractivity contribution in [3.05, 3.63) is 53.3 Å². The molecule has 0 radical (unpaired) electrons. The van der Waals surface area contributed by atoms with E-state index in [0.29, 0.717) is 25.3 Å². The summed E-state index contributed by atoms with van der Waals surface area (Å²) in [6, 6.07) is 9.59. The van der Waals surface area contributed by atoms with Crippen molar-refractivity contribution < 1.29 is 14.1 Å². The fraction of sp³-hybridized carbons (Fsp3) is 0.278. The lowest BCUT2D eigenvalue weighted by molar-refractivity contribution is -0.138. The van der Waals surface area contributed by atoms with Crippen LogP contribution in [0.15, 0.2) is 41.1 Å². The molecule has 1 atom stereocenters. The number of amides is 1. The number of nitrogens with zero attached hydrogens (tertiary/aromatic N) is 3. The van der Waals surface area contributed by atoms with Crippen LogP contribution >= 0.6 is 0 Å². The number of para-hydroxylation sites is 1. The number of nitrogens with one attached hydrogen (secondary N) is 1. The lowest BCUT2D eigenvalue weighted by atomic mass is 10.0. The van der Waals surface area contributed by atoms with Crippen molar-refractivity contribution in [2.75, 3.05) is 6.54 Å². The maximum atomic E-state index is 12.9. The fourth-order valence-electron chi connectivity index (χ4n) is 3.55. The molecule has 0 saturated heterocycles. The van der Waals surface area contributed by atoms with E-state index in [1.54, 1.807) is 12.3 Å². The van der Waals surface area contributed by atoms with Gasteiger partial charge in [-0.15, -0.1) is 0 Å². The van der Waals surface area contributed by atoms with Gasteiger partial charge in [-0.05, 0) is 11.6 Å². The molecule has 1 amide bonds. The molecule has 1 N–H and O–H groups in total. The average Bonchev–Trinajstić information content (AvgIpc) is 3.37. The van der Waals surface area contributed by atoms with Crippen LogP contribution in [0.1, 0.15) is 16.8 Å². The van der Waals surface area contributed by atoms with E-state index in [2.05, 4.69) is 15.4 Å². The zero-order chi connectivity index (χ0) is 16.8. The Balaban J connectivity index is 1.38. The second-order valence-corrected chi connectivity index (χ2v) is 6.33. The van der Waals surface area contributed by atoms with Crippen molar-refractivity contribution in [3.63, 3.8) is 0 Å². The summed E-state index contributed by atoms with van der Waals surface area (Å²) in [7, 11) is 0. The molecule has 1 unspecified atom stereocenters. The van der Waals surface area contributed by atoms with Crippen molar-refractivity contribution in [3.8, 4) is 17.2 Å². The summed E-state index contributed by atoms with van der Waals surface area (Å²) in [6.07, 6.45) is 2.51. The molecular formula is C18H16N4O3. The summed E-state index contributed by atoms with van der Waals surface area (Å²) >= 11 is 0. The van der Waals surface area contributed by atoms with Gasteiger partial charge < -0.3 is 14.2 Å². The predicted molar refractivity (Wildman–Crippen MR) is 87.8 cm³/mol. The second kappa shape index (κ2) is 5.47. The van der Waals surface area contributed by atoms with E-state index >= 15 is 0 Å². The van der Waals surface area contributed by atoms with Gasteiger partial charge in [-0.3, -0.25) is 9.89 Å². The molecule has 7 heteroatoms.